The maximum atomic E-state index is 2.15. The molecule has 0 rings (SSSR count). The molecule has 0 radical (unpaired) electrons. The molecule has 0 aromatic rings. The highest BCUT2D eigenvalue weighted by molar-refractivity contribution is 15.0. The molecule has 3 heteroatoms. The molecule has 0 aromatic carbocycles. The average Bonchev–Trinajstić information content (AvgIpc) is 1.50. The minimum atomic E-state index is 1.97. The Morgan fingerprint density at radius 1 is 1.00 bits per heavy atom. The van der Waals surface area contributed by atoms with Crippen LogP contribution in [-0.4, -0.2) is 4.93 Å². The van der Waals surface area contributed by atoms with Crippen molar-refractivity contribution < 1.29 is 0 Å². The van der Waals surface area contributed by atoms with E-state index < -0.39 is 0 Å². The van der Waals surface area contributed by atoms with E-state index in [4.69, 9.17) is 0 Å². The smallest absolute Gasteiger partial charge is 0 e. The van der Waals surface area contributed by atoms with Gasteiger partial charge in [0.15, 0.2) is 0 Å². The van der Waals surface area contributed by atoms with Crippen molar-refractivity contribution in [3.8, 4) is 0 Å². The van der Waals surface area contributed by atoms with Crippen LogP contribution in [0.1, 0.15) is 0 Å². The first-order valence-electron chi connectivity index (χ1n) is 0.521. The first kappa shape index (κ1) is 9.50. The number of halogens is 3. The van der Waals surface area contributed by atoms with Crippen molar-refractivity contribution in [1.29, 1.82) is 0 Å². The van der Waals surface area contributed by atoms with E-state index in [9.17, 15) is 0 Å². The van der Waals surface area contributed by atoms with Crippen LogP contribution in [0.4, 0.5) is 0 Å². The largest absolute Gasteiger partial charge is 0.0901 e. The van der Waals surface area contributed by atoms with Gasteiger partial charge in [0.25, 0.3) is 0 Å². The van der Waals surface area contributed by atoms with Crippen molar-refractivity contribution in [2.75, 3.05) is 4.93 Å². The first-order valence-corrected chi connectivity index (χ1v) is 8.96. The molecule has 0 aliphatic rings. The van der Waals surface area contributed by atoms with Crippen molar-refractivity contribution in [3.05, 3.63) is 0 Å². The molecule has 0 unspecified atom stereocenters. The Bertz CT molecular complexity index is 3.25. The minimum absolute atomic E-state index is 1.97. The van der Waals surface area contributed by atoms with Crippen molar-refractivity contribution in [3.63, 3.8) is 0 Å². The van der Waals surface area contributed by atoms with Crippen LogP contribution in [0.15, 0.2) is 0 Å². The molecule has 0 atom stereocenters. The van der Waals surface area contributed by atoms with Gasteiger partial charge < -0.3 is 0 Å². The first-order chi connectivity index (χ1) is 2.00. The molecular weight excluding hydrogens is 393 g/mol. The predicted molar refractivity (Wildman–Crippen MR) is 48.0 cm³/mol. The van der Waals surface area contributed by atoms with Gasteiger partial charge in [-0.2, -0.15) is 0 Å². The zero-order valence-corrected chi connectivity index (χ0v) is 8.61. The lowest BCUT2D eigenvalue weighted by Gasteiger charge is -1.05. The molecule has 0 aliphatic heterocycles. The SMILES string of the molecule is CI.II. The van der Waals surface area contributed by atoms with E-state index >= 15 is 0 Å². The maximum Gasteiger partial charge on any atom is 0 e. The highest BCUT2D eigenvalue weighted by Gasteiger charge is 1.00. The van der Waals surface area contributed by atoms with Gasteiger partial charge in [-0.3, -0.25) is 0 Å². The van der Waals surface area contributed by atoms with E-state index in [1.807, 2.05) is 4.93 Å². The minimum Gasteiger partial charge on any atom is -0.0901 e. The van der Waals surface area contributed by atoms with E-state index in [-0.39, 0.29) is 0 Å². The van der Waals surface area contributed by atoms with Crippen LogP contribution in [0.25, 0.3) is 0 Å². The van der Waals surface area contributed by atoms with E-state index in [2.05, 4.69) is 59.8 Å². The second-order valence-electron chi connectivity index (χ2n) is 0. The van der Waals surface area contributed by atoms with Gasteiger partial charge in [0.1, 0.15) is 0 Å². The Labute approximate surface area is 63.6 Å². The molecule has 0 nitrogen and oxygen atoms in total. The third-order valence-corrected chi connectivity index (χ3v) is 0. The lowest BCUT2D eigenvalue weighted by Crippen LogP contribution is -0.798. The molecule has 0 aliphatic carbocycles. The molecule has 0 spiro atoms. The predicted octanol–water partition coefficient (Wildman–Crippen LogP) is 2.82. The Balaban J connectivity index is 0. The van der Waals surface area contributed by atoms with Gasteiger partial charge in [0.05, 0.1) is 0 Å². The van der Waals surface area contributed by atoms with Crippen LogP contribution in [0, 0.1) is 0 Å². The van der Waals surface area contributed by atoms with Crippen LogP contribution in [0.5, 0.6) is 0 Å². The summed E-state index contributed by atoms with van der Waals surface area (Å²) in [7, 11) is 0. The second kappa shape index (κ2) is 19.0. The van der Waals surface area contributed by atoms with Crippen LogP contribution in [-0.2, 0) is 0 Å². The van der Waals surface area contributed by atoms with Crippen LogP contribution < -0.4 is 0 Å². The van der Waals surface area contributed by atoms with Gasteiger partial charge in [-0.15, -0.1) is 0 Å². The molecule has 28 valence electrons. The number of hydrogen-bond donors (Lipinski definition) is 0. The summed E-state index contributed by atoms with van der Waals surface area (Å²) in [4.78, 5) is 1.97. The standard InChI is InChI=1S/CH3I.I2/c2*1-2/h1H3;. The summed E-state index contributed by atoms with van der Waals surface area (Å²) >= 11 is 6.39. The summed E-state index contributed by atoms with van der Waals surface area (Å²) in [6, 6.07) is 0. The summed E-state index contributed by atoms with van der Waals surface area (Å²) in [6.07, 6.45) is 0. The number of alkyl halides is 1. The van der Waals surface area contributed by atoms with Crippen molar-refractivity contribution in [2.24, 2.45) is 0 Å². The molecule has 0 amide bonds. The van der Waals surface area contributed by atoms with E-state index in [1.165, 1.54) is 0 Å². The number of rotatable bonds is 0. The van der Waals surface area contributed by atoms with Gasteiger partial charge >= 0.3 is 0 Å². The number of hydrogen-bond acceptors (Lipinski definition) is 0. The molecule has 0 fully saturated rings. The van der Waals surface area contributed by atoms with Crippen molar-refractivity contribution in [2.45, 2.75) is 0 Å². The normalized spacial score (nSPS) is 3.00. The lowest BCUT2D eigenvalue weighted by atomic mass is 12.0. The molecular formula is CH3I3. The Kier molecular flexibility index (Phi) is 45.1. The van der Waals surface area contributed by atoms with Gasteiger partial charge in [0.2, 0.25) is 0 Å². The zero-order valence-electron chi connectivity index (χ0n) is 2.13. The third-order valence-electron chi connectivity index (χ3n) is 0. The highest BCUT2D eigenvalue weighted by Crippen LogP contribution is 1.89. The fourth-order valence-electron chi connectivity index (χ4n) is 0. The van der Waals surface area contributed by atoms with Gasteiger partial charge in [-0.25, -0.2) is 0 Å². The summed E-state index contributed by atoms with van der Waals surface area (Å²) in [6.45, 7) is 0. The van der Waals surface area contributed by atoms with Gasteiger partial charge in [-0.1, -0.05) is 22.6 Å². The molecule has 0 heterocycles. The van der Waals surface area contributed by atoms with Crippen LogP contribution in [0.3, 0.4) is 0 Å². The quantitative estimate of drug-likeness (QED) is 0.437. The average molecular weight is 396 g/mol. The Morgan fingerprint density at radius 3 is 1.00 bits per heavy atom. The summed E-state index contributed by atoms with van der Waals surface area (Å²) in [5, 5.41) is 0. The zero-order chi connectivity index (χ0) is 4.00. The topological polar surface area (TPSA) is 0 Å². The lowest BCUT2D eigenvalue weighted by molar-refractivity contribution is 2.66. The van der Waals surface area contributed by atoms with Crippen LogP contribution in [0.2, 0.25) is 0 Å². The Morgan fingerprint density at radius 2 is 1.00 bits per heavy atom. The summed E-state index contributed by atoms with van der Waals surface area (Å²) in [5.41, 5.74) is 0. The van der Waals surface area contributed by atoms with Crippen molar-refractivity contribution >= 4 is 59.8 Å². The highest BCUT2D eigenvalue weighted by atomic mass is 128. The van der Waals surface area contributed by atoms with E-state index in [0.717, 1.165) is 0 Å². The maximum absolute atomic E-state index is 2.15. The Hall–Kier alpha value is 2.19. The summed E-state index contributed by atoms with van der Waals surface area (Å²) < 4.78 is 0. The molecule has 0 bridgehead atoms. The molecule has 4 heavy (non-hydrogen) atoms. The molecule has 0 saturated heterocycles. The fraction of sp³-hybridized carbons (Fsp3) is 1.00. The monoisotopic (exact) mass is 396 g/mol. The fourth-order valence-corrected chi connectivity index (χ4v) is 0. The van der Waals surface area contributed by atoms with Gasteiger partial charge in [0, 0.05) is 37.2 Å². The second-order valence-corrected chi connectivity index (χ2v) is 0. The van der Waals surface area contributed by atoms with Gasteiger partial charge in [-0.05, 0) is 4.93 Å². The van der Waals surface area contributed by atoms with E-state index in [1.54, 1.807) is 0 Å². The molecule has 0 N–H and O–H groups in total. The van der Waals surface area contributed by atoms with E-state index in [0.29, 0.717) is 0 Å². The van der Waals surface area contributed by atoms with Crippen molar-refractivity contribution in [1.82, 2.24) is 0 Å². The van der Waals surface area contributed by atoms with Crippen LogP contribution >= 0.6 is 59.8 Å². The molecule has 0 aromatic heterocycles. The summed E-state index contributed by atoms with van der Waals surface area (Å²) in [5.74, 6) is 0. The molecule has 0 saturated carbocycles. The third kappa shape index (κ3) is 8.89.